The zero-order valence-corrected chi connectivity index (χ0v) is 15.3. The van der Waals surface area contributed by atoms with Gasteiger partial charge in [-0.15, -0.1) is 0 Å². The second kappa shape index (κ2) is 11.5. The normalized spacial score (nSPS) is 11.9. The van der Waals surface area contributed by atoms with Crippen molar-refractivity contribution in [2.24, 2.45) is 0 Å². The van der Waals surface area contributed by atoms with Gasteiger partial charge in [0.25, 0.3) is 0 Å². The first-order valence-electron chi connectivity index (χ1n) is 9.44. The fourth-order valence-electron chi connectivity index (χ4n) is 3.01. The van der Waals surface area contributed by atoms with Crippen molar-refractivity contribution in [3.05, 3.63) is 35.2 Å². The molecule has 1 aromatic heterocycles. The summed E-state index contributed by atoms with van der Waals surface area (Å²) in [6.07, 6.45) is 14.7. The summed E-state index contributed by atoms with van der Waals surface area (Å²) < 4.78 is 0. The third-order valence-electron chi connectivity index (χ3n) is 4.23. The number of hydrogen-bond donors (Lipinski definition) is 0. The van der Waals surface area contributed by atoms with E-state index in [2.05, 4.69) is 46.8 Å². The zero-order valence-electron chi connectivity index (χ0n) is 15.3. The molecule has 0 aromatic carbocycles. The maximum atomic E-state index is 4.99. The molecular weight excluding hydrogens is 265 g/mol. The van der Waals surface area contributed by atoms with Gasteiger partial charge in [-0.1, -0.05) is 64.9 Å². The average molecular weight is 299 g/mol. The Kier molecular flexibility index (Phi) is 9.94. The fraction of sp³-hybridized carbons (Fsp3) is 0.650. The Hall–Kier alpha value is -1.05. The van der Waals surface area contributed by atoms with Crippen LogP contribution >= 0.6 is 0 Å². The Morgan fingerprint density at radius 2 is 1.82 bits per heavy atom. The van der Waals surface area contributed by atoms with Crippen molar-refractivity contribution in [1.29, 1.82) is 0 Å². The molecule has 0 aliphatic carbocycles. The minimum atomic E-state index is 1.10. The molecule has 1 heterocycles. The highest BCUT2D eigenvalue weighted by molar-refractivity contribution is 6.08. The van der Waals surface area contributed by atoms with Crippen LogP contribution in [-0.2, 0) is 12.8 Å². The Morgan fingerprint density at radius 1 is 1.05 bits per heavy atom. The monoisotopic (exact) mass is 299 g/mol. The summed E-state index contributed by atoms with van der Waals surface area (Å²) >= 11 is 0. The van der Waals surface area contributed by atoms with Gasteiger partial charge in [-0.3, -0.25) is 4.98 Å². The van der Waals surface area contributed by atoms with Crippen LogP contribution in [0.1, 0.15) is 82.7 Å². The molecule has 2 heteroatoms. The van der Waals surface area contributed by atoms with Gasteiger partial charge in [0.05, 0.1) is 0 Å². The van der Waals surface area contributed by atoms with Gasteiger partial charge in [-0.25, -0.2) is 0 Å². The van der Waals surface area contributed by atoms with Gasteiger partial charge in [0, 0.05) is 11.4 Å². The first kappa shape index (κ1) is 19.0. The van der Waals surface area contributed by atoms with E-state index in [-0.39, 0.29) is 0 Å². The smallest absolute Gasteiger partial charge is 0.101 e. The molecule has 0 spiro atoms. The van der Waals surface area contributed by atoms with Crippen LogP contribution in [0.5, 0.6) is 0 Å². The molecule has 0 bridgehead atoms. The molecule has 22 heavy (non-hydrogen) atoms. The van der Waals surface area contributed by atoms with Crippen LogP contribution < -0.4 is 0 Å². The summed E-state index contributed by atoms with van der Waals surface area (Å²) in [5.41, 5.74) is 5.48. The Balaban J connectivity index is 2.87. The van der Waals surface area contributed by atoms with Crippen molar-refractivity contribution in [2.45, 2.75) is 84.9 Å². The minimum absolute atomic E-state index is 1.10. The van der Waals surface area contributed by atoms with E-state index >= 15 is 0 Å². The highest BCUT2D eigenvalue weighted by atomic mass is 14.7. The average Bonchev–Trinajstić information content (AvgIpc) is 2.53. The molecule has 122 valence electrons. The molecule has 0 aliphatic rings. The Bertz CT molecular complexity index is 451. The van der Waals surface area contributed by atoms with Crippen LogP contribution in [0, 0.1) is 0 Å². The third kappa shape index (κ3) is 6.38. The summed E-state index contributed by atoms with van der Waals surface area (Å²) in [7, 11) is 2.23. The third-order valence-corrected chi connectivity index (χ3v) is 4.23. The molecule has 0 radical (unpaired) electrons. The summed E-state index contributed by atoms with van der Waals surface area (Å²) in [6, 6.07) is 4.56. The van der Waals surface area contributed by atoms with E-state index in [0.717, 1.165) is 25.7 Å². The first-order valence-corrected chi connectivity index (χ1v) is 9.44. The largest absolute Gasteiger partial charge is 0.257 e. The zero-order chi connectivity index (χ0) is 16.2. The maximum Gasteiger partial charge on any atom is 0.101 e. The van der Waals surface area contributed by atoms with E-state index in [0.29, 0.717) is 0 Å². The molecule has 1 nitrogen and oxygen atoms in total. The number of allylic oxidation sites excluding steroid dienone is 2. The number of rotatable bonds is 11. The SMILES string of the molecule is BCCc1ccc(C(=CCC)CC)c(CCCCCCC)n1. The molecule has 0 saturated carbocycles. The molecule has 0 fully saturated rings. The second-order valence-corrected chi connectivity index (χ2v) is 6.20. The van der Waals surface area contributed by atoms with Crippen molar-refractivity contribution >= 4 is 13.4 Å². The highest BCUT2D eigenvalue weighted by Gasteiger charge is 2.09. The van der Waals surface area contributed by atoms with Gasteiger partial charge >= 0.3 is 0 Å². The quantitative estimate of drug-likeness (QED) is 0.394. The first-order chi connectivity index (χ1) is 10.8. The van der Waals surface area contributed by atoms with E-state index in [9.17, 15) is 0 Å². The number of aryl methyl sites for hydroxylation is 2. The molecule has 0 unspecified atom stereocenters. The van der Waals surface area contributed by atoms with Crippen LogP contribution in [0.2, 0.25) is 6.32 Å². The van der Waals surface area contributed by atoms with Gasteiger partial charge in [-0.2, -0.15) is 0 Å². The lowest BCUT2D eigenvalue weighted by atomic mass is 9.95. The number of unbranched alkanes of at least 4 members (excludes halogenated alkanes) is 4. The summed E-state index contributed by atoms with van der Waals surface area (Å²) in [5, 5.41) is 0. The van der Waals surface area contributed by atoms with Crippen molar-refractivity contribution in [3.8, 4) is 0 Å². The van der Waals surface area contributed by atoms with E-state index in [1.165, 1.54) is 60.9 Å². The maximum absolute atomic E-state index is 4.99. The molecular formula is C20H34BN. The summed E-state index contributed by atoms with van der Waals surface area (Å²) in [6.45, 7) is 6.75. The molecule has 0 N–H and O–H groups in total. The lowest BCUT2D eigenvalue weighted by Crippen LogP contribution is -2.02. The van der Waals surface area contributed by atoms with Gasteiger partial charge < -0.3 is 0 Å². The molecule has 1 rings (SSSR count). The van der Waals surface area contributed by atoms with E-state index < -0.39 is 0 Å². The predicted octanol–water partition coefficient (Wildman–Crippen LogP) is 5.39. The standard InChI is InChI=1S/C20H34BN/c1-4-7-8-9-10-12-20-19(17(6-3)11-5-2)14-13-18(22-20)15-16-21/h11,13-14H,4-10,12,15-16,21H2,1-3H3. The van der Waals surface area contributed by atoms with Crippen LogP contribution in [0.15, 0.2) is 18.2 Å². The number of hydrogen-bond acceptors (Lipinski definition) is 1. The highest BCUT2D eigenvalue weighted by Crippen LogP contribution is 2.24. The van der Waals surface area contributed by atoms with E-state index in [4.69, 9.17) is 4.98 Å². The number of nitrogens with zero attached hydrogens (tertiary/aromatic N) is 1. The number of pyridine rings is 1. The van der Waals surface area contributed by atoms with Gasteiger partial charge in [0.2, 0.25) is 0 Å². The summed E-state index contributed by atoms with van der Waals surface area (Å²) in [5.74, 6) is 0. The minimum Gasteiger partial charge on any atom is -0.257 e. The molecule has 1 aromatic rings. The van der Waals surface area contributed by atoms with Crippen molar-refractivity contribution in [3.63, 3.8) is 0 Å². The molecule has 0 aliphatic heterocycles. The van der Waals surface area contributed by atoms with Crippen molar-refractivity contribution in [2.75, 3.05) is 0 Å². The molecule has 0 atom stereocenters. The lowest BCUT2D eigenvalue weighted by Gasteiger charge is -2.13. The van der Waals surface area contributed by atoms with Crippen LogP contribution in [-0.4, -0.2) is 12.8 Å². The fourth-order valence-corrected chi connectivity index (χ4v) is 3.01. The van der Waals surface area contributed by atoms with Crippen LogP contribution in [0.3, 0.4) is 0 Å². The number of aromatic nitrogens is 1. The van der Waals surface area contributed by atoms with Crippen molar-refractivity contribution in [1.82, 2.24) is 4.98 Å². The van der Waals surface area contributed by atoms with Gasteiger partial charge in [0.15, 0.2) is 0 Å². The van der Waals surface area contributed by atoms with Gasteiger partial charge in [0.1, 0.15) is 7.85 Å². The summed E-state index contributed by atoms with van der Waals surface area (Å²) in [4.78, 5) is 4.99. The Labute approximate surface area is 139 Å². The lowest BCUT2D eigenvalue weighted by molar-refractivity contribution is 0.627. The van der Waals surface area contributed by atoms with Crippen LogP contribution in [0.4, 0.5) is 0 Å². The van der Waals surface area contributed by atoms with Crippen molar-refractivity contribution < 1.29 is 0 Å². The molecule has 0 amide bonds. The molecule has 0 saturated heterocycles. The van der Waals surface area contributed by atoms with Gasteiger partial charge in [-0.05, 0) is 49.3 Å². The topological polar surface area (TPSA) is 12.9 Å². The van der Waals surface area contributed by atoms with E-state index in [1.54, 1.807) is 0 Å². The predicted molar refractivity (Wildman–Crippen MR) is 102 cm³/mol. The Morgan fingerprint density at radius 3 is 2.45 bits per heavy atom. The van der Waals surface area contributed by atoms with E-state index in [1.807, 2.05) is 0 Å². The second-order valence-electron chi connectivity index (χ2n) is 6.20. The van der Waals surface area contributed by atoms with Crippen LogP contribution in [0.25, 0.3) is 5.57 Å².